The molecule has 2 aromatic carbocycles. The molecule has 1 saturated carbocycles. The Morgan fingerprint density at radius 2 is 1.62 bits per heavy atom. The number of nitrogens with two attached hydrogens (primary N) is 1. The average molecular weight is 569 g/mol. The highest BCUT2D eigenvalue weighted by Gasteiger charge is 2.29. The van der Waals surface area contributed by atoms with E-state index in [1.54, 1.807) is 36.7 Å². The maximum Gasteiger partial charge on any atom is 0.247 e. The second kappa shape index (κ2) is 13.3. The van der Waals surface area contributed by atoms with E-state index in [1.165, 1.54) is 0 Å². The predicted molar refractivity (Wildman–Crippen MR) is 160 cm³/mol. The van der Waals surface area contributed by atoms with Gasteiger partial charge in [0.05, 0.1) is 0 Å². The van der Waals surface area contributed by atoms with Gasteiger partial charge in [-0.2, -0.15) is 5.21 Å². The minimum Gasteiger partial charge on any atom is -0.347 e. The van der Waals surface area contributed by atoms with Crippen LogP contribution in [0.1, 0.15) is 31.2 Å². The lowest BCUT2D eigenvalue weighted by Gasteiger charge is -2.28. The fraction of sp³-hybridized carbons (Fsp3) is 0.367. The van der Waals surface area contributed by atoms with Gasteiger partial charge in [0, 0.05) is 55.6 Å². The van der Waals surface area contributed by atoms with Gasteiger partial charge in [-0.15, -0.1) is 10.2 Å². The van der Waals surface area contributed by atoms with E-state index in [4.69, 9.17) is 5.73 Å². The molecule has 0 aliphatic heterocycles. The molecule has 0 radical (unpaired) electrons. The number of H-pyrrole nitrogens is 1. The third-order valence-electron chi connectivity index (χ3n) is 7.71. The van der Waals surface area contributed by atoms with Gasteiger partial charge in [-0.25, -0.2) is 9.97 Å². The van der Waals surface area contributed by atoms with Crippen LogP contribution >= 0.6 is 0 Å². The smallest absolute Gasteiger partial charge is 0.247 e. The summed E-state index contributed by atoms with van der Waals surface area (Å²) in [5.74, 6) is 1.07. The van der Waals surface area contributed by atoms with Crippen LogP contribution in [-0.2, 0) is 16.0 Å². The number of carbonyl (C=O) groups is 2. The van der Waals surface area contributed by atoms with Crippen molar-refractivity contribution in [3.63, 3.8) is 0 Å². The van der Waals surface area contributed by atoms with Gasteiger partial charge in [-0.1, -0.05) is 24.3 Å². The van der Waals surface area contributed by atoms with E-state index in [0.717, 1.165) is 47.9 Å². The van der Waals surface area contributed by atoms with Crippen LogP contribution in [0.2, 0.25) is 0 Å². The Kier molecular flexibility index (Phi) is 9.12. The Labute approximate surface area is 244 Å². The largest absolute Gasteiger partial charge is 0.347 e. The number of anilines is 2. The maximum atomic E-state index is 13.5. The molecule has 1 fully saturated rings. The summed E-state index contributed by atoms with van der Waals surface area (Å²) in [6, 6.07) is 14.3. The number of nitrogens with zero attached hydrogens (tertiary/aromatic N) is 6. The zero-order valence-electron chi connectivity index (χ0n) is 23.8. The van der Waals surface area contributed by atoms with Gasteiger partial charge in [0.1, 0.15) is 6.04 Å². The molecule has 42 heavy (non-hydrogen) atoms. The average Bonchev–Trinajstić information content (AvgIpc) is 3.57. The molecule has 5 N–H and O–H groups in total. The van der Waals surface area contributed by atoms with Crippen molar-refractivity contribution in [3.05, 3.63) is 66.5 Å². The summed E-state index contributed by atoms with van der Waals surface area (Å²) < 4.78 is 0. The van der Waals surface area contributed by atoms with Crippen molar-refractivity contribution in [1.82, 2.24) is 35.9 Å². The van der Waals surface area contributed by atoms with Crippen LogP contribution in [0.3, 0.4) is 0 Å². The summed E-state index contributed by atoms with van der Waals surface area (Å²) in [6.45, 7) is 0.646. The second-order valence-corrected chi connectivity index (χ2v) is 10.9. The van der Waals surface area contributed by atoms with Gasteiger partial charge in [0.25, 0.3) is 0 Å². The molecule has 0 saturated heterocycles. The van der Waals surface area contributed by atoms with E-state index in [1.807, 2.05) is 43.3 Å². The molecule has 5 rings (SSSR count). The van der Waals surface area contributed by atoms with Crippen LogP contribution in [0.5, 0.6) is 0 Å². The number of hydrogen-bond acceptors (Lipinski definition) is 9. The first-order valence-electron chi connectivity index (χ1n) is 14.1. The molecule has 0 spiro atoms. The van der Waals surface area contributed by atoms with Crippen molar-refractivity contribution >= 4 is 23.5 Å². The Hall–Kier alpha value is -4.71. The Balaban J connectivity index is 1.29. The van der Waals surface area contributed by atoms with E-state index in [9.17, 15) is 9.59 Å². The maximum absolute atomic E-state index is 13.5. The molecule has 1 aliphatic rings. The van der Waals surface area contributed by atoms with Crippen LogP contribution in [0, 0.1) is 11.8 Å². The van der Waals surface area contributed by atoms with Gasteiger partial charge >= 0.3 is 0 Å². The molecule has 0 unspecified atom stereocenters. The molecule has 1 aliphatic carbocycles. The standard InChI is InChI=1S/C30H36N10O2/c1-40(2)30-32-17-24(18-33-30)21-7-3-19(4-8-21)15-26(35-28(41)23-9-5-20(16-31)6-10-23)29(42)34-25-13-11-22(12-14-25)27-36-38-39-37-27/h3-4,7-8,11-14,17-18,20,23,26H,5-6,9-10,15-16,31H2,1-2H3,(H,34,42)(H,35,41)(H,36,37,38,39)/t20?,23?,26-/m0/s1. The Bertz CT molecular complexity index is 1450. The third-order valence-corrected chi connectivity index (χ3v) is 7.71. The van der Waals surface area contributed by atoms with Crippen molar-refractivity contribution in [2.24, 2.45) is 17.6 Å². The summed E-state index contributed by atoms with van der Waals surface area (Å²) in [6.07, 6.45) is 7.34. The zero-order valence-corrected chi connectivity index (χ0v) is 23.8. The first-order valence-corrected chi connectivity index (χ1v) is 14.1. The van der Waals surface area contributed by atoms with Crippen LogP contribution in [0.25, 0.3) is 22.5 Å². The van der Waals surface area contributed by atoms with E-state index >= 15 is 0 Å². The van der Waals surface area contributed by atoms with Gasteiger partial charge in [0.15, 0.2) is 0 Å². The lowest BCUT2D eigenvalue weighted by atomic mass is 9.81. The molecular formula is C30H36N10O2. The number of hydrogen-bond donors (Lipinski definition) is 4. The van der Waals surface area contributed by atoms with Crippen LogP contribution in [-0.4, -0.2) is 69.1 Å². The van der Waals surface area contributed by atoms with Crippen molar-refractivity contribution in [2.75, 3.05) is 30.9 Å². The fourth-order valence-corrected chi connectivity index (χ4v) is 5.15. The number of tetrazole rings is 1. The SMILES string of the molecule is CN(C)c1ncc(-c2ccc(C[C@H](NC(=O)C3CCC(CN)CC3)C(=O)Nc3ccc(-c4nn[nH]n4)cc3)cc2)cn1. The molecule has 2 aromatic heterocycles. The molecule has 12 heteroatoms. The molecule has 2 amide bonds. The normalized spacial score (nSPS) is 17.3. The quantitative estimate of drug-likeness (QED) is 0.225. The number of rotatable bonds is 10. The van der Waals surface area contributed by atoms with Crippen LogP contribution in [0.15, 0.2) is 60.9 Å². The Morgan fingerprint density at radius 3 is 2.21 bits per heavy atom. The summed E-state index contributed by atoms with van der Waals surface area (Å²) >= 11 is 0. The fourth-order valence-electron chi connectivity index (χ4n) is 5.15. The number of aromatic nitrogens is 6. The van der Waals surface area contributed by atoms with Crippen molar-refractivity contribution < 1.29 is 9.59 Å². The molecule has 218 valence electrons. The number of nitrogens with one attached hydrogen (secondary N) is 3. The molecule has 2 heterocycles. The number of amides is 2. The van der Waals surface area contributed by atoms with Crippen molar-refractivity contribution in [2.45, 2.75) is 38.1 Å². The monoisotopic (exact) mass is 568 g/mol. The third kappa shape index (κ3) is 7.13. The van der Waals surface area contributed by atoms with Crippen LogP contribution < -0.4 is 21.3 Å². The number of carbonyl (C=O) groups excluding carboxylic acids is 2. The zero-order chi connectivity index (χ0) is 29.5. The van der Waals surface area contributed by atoms with Gasteiger partial charge in [0.2, 0.25) is 23.6 Å². The minimum atomic E-state index is -0.754. The van der Waals surface area contributed by atoms with Crippen LogP contribution in [0.4, 0.5) is 11.6 Å². The molecular weight excluding hydrogens is 532 g/mol. The number of aromatic amines is 1. The number of benzene rings is 2. The van der Waals surface area contributed by atoms with E-state index in [2.05, 4.69) is 41.2 Å². The topological polar surface area (TPSA) is 168 Å². The van der Waals surface area contributed by atoms with Gasteiger partial charge in [-0.05, 0) is 78.8 Å². The summed E-state index contributed by atoms with van der Waals surface area (Å²) in [7, 11) is 3.79. The van der Waals surface area contributed by atoms with Crippen molar-refractivity contribution in [3.8, 4) is 22.5 Å². The summed E-state index contributed by atoms with van der Waals surface area (Å²) in [5.41, 5.74) is 9.98. The molecule has 4 aromatic rings. The second-order valence-electron chi connectivity index (χ2n) is 10.9. The molecule has 0 bridgehead atoms. The van der Waals surface area contributed by atoms with E-state index < -0.39 is 6.04 Å². The minimum absolute atomic E-state index is 0.0900. The summed E-state index contributed by atoms with van der Waals surface area (Å²) in [5, 5.41) is 20.0. The highest BCUT2D eigenvalue weighted by molar-refractivity contribution is 5.97. The summed E-state index contributed by atoms with van der Waals surface area (Å²) in [4.78, 5) is 37.4. The van der Waals surface area contributed by atoms with E-state index in [-0.39, 0.29) is 17.7 Å². The Morgan fingerprint density at radius 1 is 0.952 bits per heavy atom. The first kappa shape index (κ1) is 28.8. The predicted octanol–water partition coefficient (Wildman–Crippen LogP) is 2.82. The van der Waals surface area contributed by atoms with Crippen molar-refractivity contribution in [1.29, 1.82) is 0 Å². The lowest BCUT2D eigenvalue weighted by Crippen LogP contribution is -2.48. The highest BCUT2D eigenvalue weighted by Crippen LogP contribution is 2.28. The highest BCUT2D eigenvalue weighted by atomic mass is 16.2. The first-order chi connectivity index (χ1) is 20.4. The van der Waals surface area contributed by atoms with Gasteiger partial charge < -0.3 is 21.3 Å². The molecule has 1 atom stereocenters. The van der Waals surface area contributed by atoms with E-state index in [0.29, 0.717) is 36.3 Å². The lowest BCUT2D eigenvalue weighted by molar-refractivity contribution is -0.130. The molecule has 12 nitrogen and oxygen atoms in total. The van der Waals surface area contributed by atoms with Gasteiger partial charge in [-0.3, -0.25) is 9.59 Å².